The number of hydrogen-bond acceptors (Lipinski definition) is 4. The number of morpholine rings is 1. The Kier molecular flexibility index (Phi) is 4.39. The fourth-order valence-electron chi connectivity index (χ4n) is 2.96. The molecule has 3 rings (SSSR count). The molecule has 0 unspecified atom stereocenters. The van der Waals surface area contributed by atoms with Crippen LogP contribution in [0.15, 0.2) is 41.5 Å². The maximum atomic E-state index is 12.8. The average molecular weight is 315 g/mol. The molecule has 1 amide bonds. The zero-order chi connectivity index (χ0) is 16.4. The molecule has 1 saturated heterocycles. The first-order valence-electron chi connectivity index (χ1n) is 7.78. The lowest BCUT2D eigenvalue weighted by atomic mass is 10.1. The quantitative estimate of drug-likeness (QED) is 0.813. The van der Waals surface area contributed by atoms with Gasteiger partial charge in [-0.05, 0) is 32.0 Å². The van der Waals surface area contributed by atoms with Crippen molar-refractivity contribution in [3.8, 4) is 5.75 Å². The largest absolute Gasteiger partial charge is 0.489 e. The van der Waals surface area contributed by atoms with E-state index in [4.69, 9.17) is 13.9 Å². The molecule has 5 heteroatoms. The summed E-state index contributed by atoms with van der Waals surface area (Å²) >= 11 is 0. The molecule has 2 atom stereocenters. The molecule has 122 valence electrons. The molecule has 0 bridgehead atoms. The van der Waals surface area contributed by atoms with E-state index in [1.165, 1.54) is 0 Å². The van der Waals surface area contributed by atoms with Gasteiger partial charge in [-0.25, -0.2) is 0 Å². The van der Waals surface area contributed by atoms with Gasteiger partial charge in [-0.2, -0.15) is 0 Å². The topological polar surface area (TPSA) is 51.9 Å². The van der Waals surface area contributed by atoms with Crippen LogP contribution in [0.5, 0.6) is 5.75 Å². The molecule has 1 aromatic carbocycles. The molecular formula is C18H21NO4. The number of hydrogen-bond donors (Lipinski definition) is 0. The number of furan rings is 1. The number of rotatable bonds is 4. The van der Waals surface area contributed by atoms with Crippen molar-refractivity contribution in [3.05, 3.63) is 42.7 Å². The van der Waals surface area contributed by atoms with Gasteiger partial charge < -0.3 is 18.8 Å². The molecule has 0 aliphatic carbocycles. The minimum atomic E-state index is -0.0336. The fraction of sp³-hybridized carbons (Fsp3) is 0.389. The first kappa shape index (κ1) is 15.6. The Bertz CT molecular complexity index is 711. The van der Waals surface area contributed by atoms with Crippen molar-refractivity contribution in [3.63, 3.8) is 0 Å². The summed E-state index contributed by atoms with van der Waals surface area (Å²) in [6.45, 7) is 9.16. The number of amides is 1. The molecule has 0 radical (unpaired) electrons. The molecule has 1 aliphatic rings. The van der Waals surface area contributed by atoms with E-state index in [2.05, 4.69) is 6.58 Å². The zero-order valence-corrected chi connectivity index (χ0v) is 13.5. The van der Waals surface area contributed by atoms with Gasteiger partial charge in [-0.1, -0.05) is 12.7 Å². The molecule has 1 aliphatic heterocycles. The molecule has 5 nitrogen and oxygen atoms in total. The number of benzene rings is 1. The van der Waals surface area contributed by atoms with Crippen LogP contribution in [-0.4, -0.2) is 42.7 Å². The van der Waals surface area contributed by atoms with Crippen LogP contribution in [-0.2, 0) is 4.74 Å². The third kappa shape index (κ3) is 3.24. The first-order valence-corrected chi connectivity index (χ1v) is 7.78. The second-order valence-corrected chi connectivity index (χ2v) is 5.87. The van der Waals surface area contributed by atoms with E-state index in [9.17, 15) is 4.79 Å². The molecule has 2 aromatic rings. The second kappa shape index (κ2) is 6.46. The summed E-state index contributed by atoms with van der Waals surface area (Å²) in [7, 11) is 0. The van der Waals surface area contributed by atoms with Crippen molar-refractivity contribution in [2.75, 3.05) is 19.7 Å². The van der Waals surface area contributed by atoms with E-state index < -0.39 is 0 Å². The summed E-state index contributed by atoms with van der Waals surface area (Å²) < 4.78 is 16.8. The summed E-state index contributed by atoms with van der Waals surface area (Å²) in [4.78, 5) is 14.7. The standard InChI is InChI=1S/C18H21NO4/c1-4-6-21-16-8-14(9-17-15(16)5-7-22-17)18(20)19-10-12(2)23-13(3)11-19/h4-5,7-9,12-13H,1,6,10-11H2,2-3H3/t12-,13-/m0/s1. The number of fused-ring (bicyclic) bond motifs is 1. The van der Waals surface area contributed by atoms with Crippen LogP contribution in [0.25, 0.3) is 11.0 Å². The Morgan fingerprint density at radius 3 is 2.83 bits per heavy atom. The van der Waals surface area contributed by atoms with Gasteiger partial charge in [-0.15, -0.1) is 0 Å². The SMILES string of the molecule is C=CCOc1cc(C(=O)N2C[C@H](C)O[C@@H](C)C2)cc2occc12. The van der Waals surface area contributed by atoms with Crippen molar-refractivity contribution >= 4 is 16.9 Å². The van der Waals surface area contributed by atoms with E-state index in [0.29, 0.717) is 36.6 Å². The Balaban J connectivity index is 1.92. The maximum Gasteiger partial charge on any atom is 0.254 e. The van der Waals surface area contributed by atoms with Gasteiger partial charge in [0, 0.05) is 18.7 Å². The Morgan fingerprint density at radius 1 is 1.39 bits per heavy atom. The van der Waals surface area contributed by atoms with Crippen molar-refractivity contribution in [1.82, 2.24) is 4.90 Å². The molecule has 0 N–H and O–H groups in total. The lowest BCUT2D eigenvalue weighted by Crippen LogP contribution is -2.48. The molecule has 23 heavy (non-hydrogen) atoms. The van der Waals surface area contributed by atoms with Gasteiger partial charge in [0.2, 0.25) is 0 Å². The van der Waals surface area contributed by atoms with Gasteiger partial charge in [-0.3, -0.25) is 4.79 Å². The highest BCUT2D eigenvalue weighted by Crippen LogP contribution is 2.29. The molecular weight excluding hydrogens is 294 g/mol. The van der Waals surface area contributed by atoms with Gasteiger partial charge in [0.15, 0.2) is 0 Å². The Labute approximate surface area is 135 Å². The summed E-state index contributed by atoms with van der Waals surface area (Å²) in [5.74, 6) is 0.600. The lowest BCUT2D eigenvalue weighted by Gasteiger charge is -2.35. The van der Waals surface area contributed by atoms with E-state index >= 15 is 0 Å². The lowest BCUT2D eigenvalue weighted by molar-refractivity contribution is -0.0586. The summed E-state index contributed by atoms with van der Waals surface area (Å²) in [5, 5.41) is 0.854. The van der Waals surface area contributed by atoms with Crippen LogP contribution in [0, 0.1) is 0 Å². The number of carbonyl (C=O) groups excluding carboxylic acids is 1. The smallest absolute Gasteiger partial charge is 0.254 e. The number of ether oxygens (including phenoxy) is 2. The van der Waals surface area contributed by atoms with Crippen molar-refractivity contribution < 1.29 is 18.7 Å². The van der Waals surface area contributed by atoms with Gasteiger partial charge in [0.05, 0.1) is 23.9 Å². The van der Waals surface area contributed by atoms with E-state index in [-0.39, 0.29) is 18.1 Å². The third-order valence-corrected chi connectivity index (χ3v) is 3.84. The first-order chi connectivity index (χ1) is 11.1. The van der Waals surface area contributed by atoms with Crippen LogP contribution in [0.2, 0.25) is 0 Å². The monoisotopic (exact) mass is 315 g/mol. The van der Waals surface area contributed by atoms with Crippen molar-refractivity contribution in [2.24, 2.45) is 0 Å². The molecule has 0 spiro atoms. The van der Waals surface area contributed by atoms with E-state index in [0.717, 1.165) is 5.39 Å². The van der Waals surface area contributed by atoms with Gasteiger partial charge in [0.1, 0.15) is 17.9 Å². The van der Waals surface area contributed by atoms with Crippen LogP contribution >= 0.6 is 0 Å². The van der Waals surface area contributed by atoms with Crippen molar-refractivity contribution in [1.29, 1.82) is 0 Å². The van der Waals surface area contributed by atoms with Crippen LogP contribution < -0.4 is 4.74 Å². The minimum Gasteiger partial charge on any atom is -0.489 e. The molecule has 1 aromatic heterocycles. The zero-order valence-electron chi connectivity index (χ0n) is 13.5. The second-order valence-electron chi connectivity index (χ2n) is 5.87. The predicted molar refractivity (Wildman–Crippen MR) is 87.8 cm³/mol. The summed E-state index contributed by atoms with van der Waals surface area (Å²) in [6.07, 6.45) is 3.34. The average Bonchev–Trinajstić information content (AvgIpc) is 2.99. The van der Waals surface area contributed by atoms with E-state index in [1.54, 1.807) is 24.5 Å². The molecule has 0 saturated carbocycles. The highest BCUT2D eigenvalue weighted by molar-refractivity contribution is 5.99. The summed E-state index contributed by atoms with van der Waals surface area (Å²) in [6, 6.07) is 5.37. The van der Waals surface area contributed by atoms with Crippen molar-refractivity contribution in [2.45, 2.75) is 26.1 Å². The van der Waals surface area contributed by atoms with Gasteiger partial charge >= 0.3 is 0 Å². The Morgan fingerprint density at radius 2 is 2.13 bits per heavy atom. The number of carbonyl (C=O) groups is 1. The molecule has 1 fully saturated rings. The van der Waals surface area contributed by atoms with E-state index in [1.807, 2.05) is 24.8 Å². The predicted octanol–water partition coefficient (Wildman–Crippen LogP) is 3.25. The number of nitrogens with zero attached hydrogens (tertiary/aromatic N) is 1. The maximum absolute atomic E-state index is 12.8. The Hall–Kier alpha value is -2.27. The summed E-state index contributed by atoms with van der Waals surface area (Å²) in [5.41, 5.74) is 1.21. The van der Waals surface area contributed by atoms with Crippen LogP contribution in [0.3, 0.4) is 0 Å². The van der Waals surface area contributed by atoms with Crippen LogP contribution in [0.4, 0.5) is 0 Å². The third-order valence-electron chi connectivity index (χ3n) is 3.84. The fourth-order valence-corrected chi connectivity index (χ4v) is 2.96. The minimum absolute atomic E-state index is 0.0336. The highest BCUT2D eigenvalue weighted by Gasteiger charge is 2.27. The highest BCUT2D eigenvalue weighted by atomic mass is 16.5. The molecule has 2 heterocycles. The normalized spacial score (nSPS) is 21.4. The van der Waals surface area contributed by atoms with Gasteiger partial charge in [0.25, 0.3) is 5.91 Å². The van der Waals surface area contributed by atoms with Crippen LogP contribution in [0.1, 0.15) is 24.2 Å².